The van der Waals surface area contributed by atoms with Crippen molar-refractivity contribution in [3.05, 3.63) is 82.3 Å². The van der Waals surface area contributed by atoms with E-state index in [-0.39, 0.29) is 5.91 Å². The van der Waals surface area contributed by atoms with Gasteiger partial charge in [-0.2, -0.15) is 0 Å². The zero-order valence-corrected chi connectivity index (χ0v) is 21.1. The van der Waals surface area contributed by atoms with E-state index in [0.717, 1.165) is 61.7 Å². The highest BCUT2D eigenvalue weighted by Crippen LogP contribution is 2.40. The first-order chi connectivity index (χ1) is 17.2. The lowest BCUT2D eigenvalue weighted by atomic mass is 9.95. The lowest BCUT2D eigenvalue weighted by molar-refractivity contribution is 0.0948. The normalized spacial score (nSPS) is 13.5. The number of nitrogens with zero attached hydrogens (tertiary/aromatic N) is 2. The first-order valence-electron chi connectivity index (χ1n) is 11.4. The molecule has 0 bridgehead atoms. The molecule has 0 spiro atoms. The summed E-state index contributed by atoms with van der Waals surface area (Å²) in [6.45, 7) is 0.351. The Morgan fingerprint density at radius 2 is 2.03 bits per heavy atom. The van der Waals surface area contributed by atoms with Gasteiger partial charge in [0.15, 0.2) is 9.43 Å². The molecular weight excluding hydrogens is 499 g/mol. The summed E-state index contributed by atoms with van der Waals surface area (Å²) in [7, 11) is 0. The molecule has 1 N–H and O–H groups in total. The van der Waals surface area contributed by atoms with Crippen LogP contribution < -0.4 is 5.32 Å². The molecule has 0 saturated heterocycles. The highest BCUT2D eigenvalue weighted by Gasteiger charge is 2.25. The molecule has 1 aliphatic carbocycles. The van der Waals surface area contributed by atoms with Gasteiger partial charge in [-0.3, -0.25) is 4.79 Å². The summed E-state index contributed by atoms with van der Waals surface area (Å²) in [6.07, 6.45) is 7.45. The molecule has 0 aliphatic heterocycles. The van der Waals surface area contributed by atoms with Crippen LogP contribution in [0.25, 0.3) is 10.2 Å². The number of benzene rings is 1. The van der Waals surface area contributed by atoms with Crippen molar-refractivity contribution < 1.29 is 13.6 Å². The molecule has 9 heteroatoms. The number of hydrogen-bond acceptors (Lipinski definition) is 8. The van der Waals surface area contributed by atoms with Crippen molar-refractivity contribution in [3.63, 3.8) is 0 Å². The number of nitrogens with one attached hydrogen (secondary N) is 1. The first kappa shape index (κ1) is 22.3. The molecule has 0 fully saturated rings. The third-order valence-electron chi connectivity index (χ3n) is 5.76. The fourth-order valence-electron chi connectivity index (χ4n) is 4.11. The molecule has 0 atom stereocenters. The zero-order valence-electron chi connectivity index (χ0n) is 18.7. The van der Waals surface area contributed by atoms with Crippen molar-refractivity contribution in [3.8, 4) is 0 Å². The molecule has 1 amide bonds. The van der Waals surface area contributed by atoms with Crippen molar-refractivity contribution in [2.24, 2.45) is 4.99 Å². The summed E-state index contributed by atoms with van der Waals surface area (Å²) in [5.41, 5.74) is 2.81. The lowest BCUT2D eigenvalue weighted by Crippen LogP contribution is -2.23. The molecule has 1 aromatic carbocycles. The van der Waals surface area contributed by atoms with E-state index in [1.54, 1.807) is 35.2 Å². The van der Waals surface area contributed by atoms with Crippen molar-refractivity contribution in [2.45, 2.75) is 41.7 Å². The lowest BCUT2D eigenvalue weighted by Gasteiger charge is -2.12. The topological polar surface area (TPSA) is 80.6 Å². The number of para-hydroxylation sites is 1. The van der Waals surface area contributed by atoms with Crippen LogP contribution in [-0.4, -0.2) is 17.1 Å². The smallest absolute Gasteiger partial charge is 0.255 e. The highest BCUT2D eigenvalue weighted by atomic mass is 32.2. The molecule has 0 saturated carbocycles. The first-order valence-corrected chi connectivity index (χ1v) is 13.8. The van der Waals surface area contributed by atoms with E-state index >= 15 is 0 Å². The predicted octanol–water partition coefficient (Wildman–Crippen LogP) is 7.25. The number of amides is 1. The van der Waals surface area contributed by atoms with Crippen LogP contribution in [-0.2, 0) is 19.4 Å². The Balaban J connectivity index is 1.21. The van der Waals surface area contributed by atoms with Crippen LogP contribution in [0.3, 0.4) is 0 Å². The molecule has 5 aromatic rings. The maximum Gasteiger partial charge on any atom is 0.255 e. The molecule has 176 valence electrons. The average molecular weight is 520 g/mol. The van der Waals surface area contributed by atoms with E-state index in [1.807, 2.05) is 42.5 Å². The van der Waals surface area contributed by atoms with Crippen molar-refractivity contribution >= 4 is 61.8 Å². The minimum absolute atomic E-state index is 0.112. The Kier molecular flexibility index (Phi) is 6.28. The molecule has 6 rings (SSSR count). The Morgan fingerprint density at radius 3 is 2.91 bits per heavy atom. The van der Waals surface area contributed by atoms with Crippen LogP contribution in [0.2, 0.25) is 0 Å². The highest BCUT2D eigenvalue weighted by molar-refractivity contribution is 8.01. The number of carbonyl (C=O) groups is 1. The van der Waals surface area contributed by atoms with Gasteiger partial charge in [0.05, 0.1) is 34.8 Å². The summed E-state index contributed by atoms with van der Waals surface area (Å²) in [6, 6.07) is 15.6. The number of hydrogen-bond donors (Lipinski definition) is 1. The van der Waals surface area contributed by atoms with Gasteiger partial charge in [-0.25, -0.2) is 9.98 Å². The maximum atomic E-state index is 13.1. The predicted molar refractivity (Wildman–Crippen MR) is 141 cm³/mol. The Bertz CT molecular complexity index is 1480. The van der Waals surface area contributed by atoms with Crippen LogP contribution >= 0.6 is 34.4 Å². The van der Waals surface area contributed by atoms with Gasteiger partial charge < -0.3 is 14.2 Å². The van der Waals surface area contributed by atoms with E-state index in [0.29, 0.717) is 17.9 Å². The number of carbonyl (C=O) groups excluding carboxylic acids is 1. The van der Waals surface area contributed by atoms with Crippen molar-refractivity contribution in [2.75, 3.05) is 0 Å². The average Bonchev–Trinajstić information content (AvgIpc) is 3.67. The Morgan fingerprint density at radius 1 is 1.11 bits per heavy atom. The number of aromatic nitrogens is 1. The standard InChI is InChI=1S/C26H21N3O3S3/c30-24(27-14-16-6-5-13-31-16)23-18-7-1-3-9-20(18)33-25(23)28-15-17-11-12-22(32-17)35-26-29-19-8-2-4-10-21(19)34-26/h2,4-6,8,10-13,15H,1,3,7,9,14H2,(H,27,30). The summed E-state index contributed by atoms with van der Waals surface area (Å²) in [4.78, 5) is 23.7. The molecule has 35 heavy (non-hydrogen) atoms. The van der Waals surface area contributed by atoms with Crippen LogP contribution in [0, 0.1) is 0 Å². The number of fused-ring (bicyclic) bond motifs is 2. The Hall–Kier alpha value is -3.14. The van der Waals surface area contributed by atoms with Gasteiger partial charge in [0, 0.05) is 4.88 Å². The molecule has 0 radical (unpaired) electrons. The molecular formula is C26H21N3O3S3. The van der Waals surface area contributed by atoms with E-state index in [9.17, 15) is 4.79 Å². The third-order valence-corrected chi connectivity index (χ3v) is 8.97. The van der Waals surface area contributed by atoms with Crippen LogP contribution in [0.1, 0.15) is 45.2 Å². The summed E-state index contributed by atoms with van der Waals surface area (Å²) < 4.78 is 13.4. The van der Waals surface area contributed by atoms with E-state index in [2.05, 4.69) is 16.4 Å². The number of rotatable bonds is 7. The second-order valence-electron chi connectivity index (χ2n) is 8.12. The molecule has 1 aliphatic rings. The van der Waals surface area contributed by atoms with Gasteiger partial charge in [0.2, 0.25) is 0 Å². The third kappa shape index (κ3) is 4.84. The van der Waals surface area contributed by atoms with E-state index < -0.39 is 0 Å². The number of thiophene rings is 1. The van der Waals surface area contributed by atoms with Crippen LogP contribution in [0.4, 0.5) is 5.00 Å². The summed E-state index contributed by atoms with van der Waals surface area (Å²) in [5, 5.41) is 4.47. The quantitative estimate of drug-likeness (QED) is 0.229. The van der Waals surface area contributed by atoms with Crippen LogP contribution in [0.15, 0.2) is 78.1 Å². The summed E-state index contributed by atoms with van der Waals surface area (Å²) >= 11 is 4.75. The van der Waals surface area contributed by atoms with Gasteiger partial charge in [-0.1, -0.05) is 12.1 Å². The zero-order chi connectivity index (χ0) is 23.6. The van der Waals surface area contributed by atoms with Gasteiger partial charge in [0.25, 0.3) is 5.91 Å². The fourth-order valence-corrected chi connectivity index (χ4v) is 7.31. The molecule has 4 aromatic heterocycles. The van der Waals surface area contributed by atoms with Crippen LogP contribution in [0.5, 0.6) is 0 Å². The molecule has 4 heterocycles. The monoisotopic (exact) mass is 519 g/mol. The molecule has 6 nitrogen and oxygen atoms in total. The molecule has 0 unspecified atom stereocenters. The second kappa shape index (κ2) is 9.85. The van der Waals surface area contributed by atoms with Gasteiger partial charge in [-0.15, -0.1) is 22.7 Å². The van der Waals surface area contributed by atoms with Crippen molar-refractivity contribution in [1.82, 2.24) is 10.3 Å². The number of aryl methyl sites for hydroxylation is 1. The minimum Gasteiger partial charge on any atom is -0.467 e. The maximum absolute atomic E-state index is 13.1. The van der Waals surface area contributed by atoms with Crippen molar-refractivity contribution in [1.29, 1.82) is 0 Å². The second-order valence-corrected chi connectivity index (χ2v) is 11.5. The SMILES string of the molecule is O=C(NCc1ccco1)c1c(N=Cc2ccc(Sc3nc4ccccc4s3)o2)sc2c1CCCC2. The number of thiazole rings is 1. The van der Waals surface area contributed by atoms with E-state index in [1.165, 1.54) is 16.6 Å². The Labute approximate surface area is 214 Å². The minimum atomic E-state index is -0.112. The van der Waals surface area contributed by atoms with Gasteiger partial charge in [-0.05, 0) is 79.4 Å². The van der Waals surface area contributed by atoms with Gasteiger partial charge in [0.1, 0.15) is 16.5 Å². The number of aliphatic imine (C=N–C) groups is 1. The summed E-state index contributed by atoms with van der Waals surface area (Å²) in [5.74, 6) is 1.25. The fraction of sp³-hybridized carbons (Fsp3) is 0.192. The number of furan rings is 2. The van der Waals surface area contributed by atoms with E-state index in [4.69, 9.17) is 13.8 Å². The van der Waals surface area contributed by atoms with Gasteiger partial charge >= 0.3 is 0 Å². The largest absolute Gasteiger partial charge is 0.467 e.